The maximum Gasteiger partial charge on any atom is 0.251 e. The number of primary amides is 1. The Morgan fingerprint density at radius 1 is 1.39 bits per heavy atom. The zero-order chi connectivity index (χ0) is 13.1. The van der Waals surface area contributed by atoms with Gasteiger partial charge in [-0.1, -0.05) is 0 Å². The molecule has 0 spiro atoms. The van der Waals surface area contributed by atoms with Crippen molar-refractivity contribution in [1.82, 2.24) is 19.7 Å². The summed E-state index contributed by atoms with van der Waals surface area (Å²) in [6.07, 6.45) is 6.96. The minimum atomic E-state index is -0.533. The van der Waals surface area contributed by atoms with Gasteiger partial charge in [0.05, 0.1) is 11.8 Å². The van der Waals surface area contributed by atoms with E-state index in [4.69, 9.17) is 11.5 Å². The number of rotatable bonds is 4. The number of nitrogens with zero attached hydrogens (tertiary/aromatic N) is 4. The summed E-state index contributed by atoms with van der Waals surface area (Å²) in [5, 5.41) is 3.96. The van der Waals surface area contributed by atoms with Gasteiger partial charge in [-0.15, -0.1) is 0 Å². The van der Waals surface area contributed by atoms with Crippen LogP contribution >= 0.6 is 0 Å². The van der Waals surface area contributed by atoms with Gasteiger partial charge in [0, 0.05) is 24.6 Å². The Balaban J connectivity index is 2.20. The van der Waals surface area contributed by atoms with Gasteiger partial charge in [-0.2, -0.15) is 5.10 Å². The third kappa shape index (κ3) is 2.69. The third-order valence-corrected chi connectivity index (χ3v) is 2.32. The van der Waals surface area contributed by atoms with Crippen molar-refractivity contribution in [3.8, 4) is 5.95 Å². The molecule has 2 aromatic heterocycles. The molecular weight excluding hydrogens is 232 g/mol. The van der Waals surface area contributed by atoms with Gasteiger partial charge in [0.15, 0.2) is 0 Å². The van der Waals surface area contributed by atoms with E-state index in [2.05, 4.69) is 15.1 Å². The summed E-state index contributed by atoms with van der Waals surface area (Å²) < 4.78 is 1.40. The summed E-state index contributed by atoms with van der Waals surface area (Å²) in [5.74, 6) is -0.147. The van der Waals surface area contributed by atoms with Crippen molar-refractivity contribution in [2.75, 3.05) is 0 Å². The molecule has 0 aliphatic rings. The van der Waals surface area contributed by atoms with E-state index in [0.717, 1.165) is 5.56 Å². The van der Waals surface area contributed by atoms with Gasteiger partial charge in [-0.25, -0.2) is 14.6 Å². The second kappa shape index (κ2) is 4.92. The zero-order valence-corrected chi connectivity index (χ0v) is 9.95. The van der Waals surface area contributed by atoms with Crippen molar-refractivity contribution in [3.05, 3.63) is 35.9 Å². The van der Waals surface area contributed by atoms with Crippen molar-refractivity contribution in [3.63, 3.8) is 0 Å². The molecule has 0 aliphatic carbocycles. The Morgan fingerprint density at radius 3 is 2.56 bits per heavy atom. The predicted octanol–water partition coefficient (Wildman–Crippen LogP) is -0.349. The smallest absolute Gasteiger partial charge is 0.251 e. The van der Waals surface area contributed by atoms with E-state index in [-0.39, 0.29) is 6.04 Å². The van der Waals surface area contributed by atoms with E-state index >= 15 is 0 Å². The van der Waals surface area contributed by atoms with Crippen molar-refractivity contribution in [1.29, 1.82) is 0 Å². The zero-order valence-electron chi connectivity index (χ0n) is 9.95. The highest BCUT2D eigenvalue weighted by molar-refractivity contribution is 5.92. The first-order chi connectivity index (χ1) is 8.56. The Morgan fingerprint density at radius 2 is 2.06 bits per heavy atom. The molecule has 0 bridgehead atoms. The van der Waals surface area contributed by atoms with Crippen LogP contribution in [0.2, 0.25) is 0 Å². The Bertz CT molecular complexity index is 545. The minimum Gasteiger partial charge on any atom is -0.366 e. The molecule has 2 heterocycles. The van der Waals surface area contributed by atoms with E-state index < -0.39 is 5.91 Å². The summed E-state index contributed by atoms with van der Waals surface area (Å²) in [6, 6.07) is 0.0608. The molecule has 1 atom stereocenters. The average molecular weight is 246 g/mol. The van der Waals surface area contributed by atoms with Gasteiger partial charge in [-0.3, -0.25) is 4.79 Å². The number of carbonyl (C=O) groups is 1. The predicted molar refractivity (Wildman–Crippen MR) is 65.0 cm³/mol. The molecule has 1 amide bonds. The normalized spacial score (nSPS) is 12.3. The van der Waals surface area contributed by atoms with Gasteiger partial charge < -0.3 is 11.5 Å². The fraction of sp³-hybridized carbons (Fsp3) is 0.273. The van der Waals surface area contributed by atoms with E-state index in [1.165, 1.54) is 17.1 Å². The summed E-state index contributed by atoms with van der Waals surface area (Å²) in [7, 11) is 0. The SMILES string of the molecule is CC(N)Cc1cnc(-n2cc(C(N)=O)cn2)nc1. The van der Waals surface area contributed by atoms with Gasteiger partial charge in [0.2, 0.25) is 5.95 Å². The van der Waals surface area contributed by atoms with Gasteiger partial charge in [-0.05, 0) is 18.9 Å². The fourth-order valence-corrected chi connectivity index (χ4v) is 1.50. The number of hydrogen-bond acceptors (Lipinski definition) is 5. The molecule has 2 aromatic rings. The minimum absolute atomic E-state index is 0.0608. The molecule has 0 radical (unpaired) electrons. The van der Waals surface area contributed by atoms with Gasteiger partial charge >= 0.3 is 0 Å². The molecule has 0 aromatic carbocycles. The number of aromatic nitrogens is 4. The van der Waals surface area contributed by atoms with E-state index in [0.29, 0.717) is 17.9 Å². The van der Waals surface area contributed by atoms with Crippen LogP contribution in [0.15, 0.2) is 24.8 Å². The van der Waals surface area contributed by atoms with E-state index in [1.54, 1.807) is 12.4 Å². The monoisotopic (exact) mass is 246 g/mol. The standard InChI is InChI=1S/C11H14N6O/c1-7(12)2-8-3-14-11(15-4-8)17-6-9(5-16-17)10(13)18/h3-7H,2,12H2,1H3,(H2,13,18). The molecular formula is C11H14N6O. The molecule has 7 heteroatoms. The van der Waals surface area contributed by atoms with Crippen molar-refractivity contribution in [2.45, 2.75) is 19.4 Å². The van der Waals surface area contributed by atoms with Gasteiger partial charge in [0.1, 0.15) is 0 Å². The third-order valence-electron chi connectivity index (χ3n) is 2.32. The first-order valence-electron chi connectivity index (χ1n) is 5.47. The lowest BCUT2D eigenvalue weighted by atomic mass is 10.1. The molecule has 0 fully saturated rings. The number of hydrogen-bond donors (Lipinski definition) is 2. The molecule has 0 saturated carbocycles. The van der Waals surface area contributed by atoms with Crippen molar-refractivity contribution in [2.24, 2.45) is 11.5 Å². The Kier molecular flexibility index (Phi) is 3.33. The quantitative estimate of drug-likeness (QED) is 0.765. The first-order valence-corrected chi connectivity index (χ1v) is 5.47. The molecule has 0 aliphatic heterocycles. The molecule has 4 N–H and O–H groups in total. The largest absolute Gasteiger partial charge is 0.366 e. The lowest BCUT2D eigenvalue weighted by Crippen LogP contribution is -2.18. The summed E-state index contributed by atoms with van der Waals surface area (Å²) >= 11 is 0. The van der Waals surface area contributed by atoms with Crippen LogP contribution in [0.3, 0.4) is 0 Å². The van der Waals surface area contributed by atoms with Crippen LogP contribution in [0.1, 0.15) is 22.8 Å². The number of nitrogens with two attached hydrogens (primary N) is 2. The van der Waals surface area contributed by atoms with E-state index in [1.807, 2.05) is 6.92 Å². The molecule has 2 rings (SSSR count). The maximum atomic E-state index is 10.9. The fourth-order valence-electron chi connectivity index (χ4n) is 1.50. The second-order valence-electron chi connectivity index (χ2n) is 4.11. The van der Waals surface area contributed by atoms with Crippen molar-refractivity contribution < 1.29 is 4.79 Å². The van der Waals surface area contributed by atoms with Crippen molar-refractivity contribution >= 4 is 5.91 Å². The molecule has 18 heavy (non-hydrogen) atoms. The second-order valence-corrected chi connectivity index (χ2v) is 4.11. The maximum absolute atomic E-state index is 10.9. The lowest BCUT2D eigenvalue weighted by Gasteiger charge is -2.04. The topological polar surface area (TPSA) is 113 Å². The molecule has 7 nitrogen and oxygen atoms in total. The summed E-state index contributed by atoms with van der Waals surface area (Å²) in [4.78, 5) is 19.2. The Labute approximate surface area is 104 Å². The van der Waals surface area contributed by atoms with Crippen LogP contribution in [-0.4, -0.2) is 31.7 Å². The van der Waals surface area contributed by atoms with Crippen LogP contribution in [0.25, 0.3) is 5.95 Å². The highest BCUT2D eigenvalue weighted by Gasteiger charge is 2.07. The summed E-state index contributed by atoms with van der Waals surface area (Å²) in [5.41, 5.74) is 12.1. The van der Waals surface area contributed by atoms with Gasteiger partial charge in [0.25, 0.3) is 5.91 Å². The molecule has 94 valence electrons. The van der Waals surface area contributed by atoms with Crippen LogP contribution in [0.5, 0.6) is 0 Å². The lowest BCUT2D eigenvalue weighted by molar-refractivity contribution is 0.100. The Hall–Kier alpha value is -2.28. The van der Waals surface area contributed by atoms with Crippen LogP contribution in [-0.2, 0) is 6.42 Å². The molecule has 0 saturated heterocycles. The first kappa shape index (κ1) is 12.2. The molecule has 1 unspecified atom stereocenters. The highest BCUT2D eigenvalue weighted by Crippen LogP contribution is 2.04. The van der Waals surface area contributed by atoms with Crippen LogP contribution in [0.4, 0.5) is 0 Å². The highest BCUT2D eigenvalue weighted by atomic mass is 16.1. The van der Waals surface area contributed by atoms with Crippen LogP contribution < -0.4 is 11.5 Å². The van der Waals surface area contributed by atoms with E-state index in [9.17, 15) is 4.79 Å². The summed E-state index contributed by atoms with van der Waals surface area (Å²) in [6.45, 7) is 1.92. The number of amides is 1. The van der Waals surface area contributed by atoms with Crippen LogP contribution in [0, 0.1) is 0 Å². The average Bonchev–Trinajstić information content (AvgIpc) is 2.78. The number of carbonyl (C=O) groups excluding carboxylic acids is 1.